The topological polar surface area (TPSA) is 17.0 Å². The van der Waals surface area contributed by atoms with Crippen molar-refractivity contribution in [2.24, 2.45) is 0 Å². The highest BCUT2D eigenvalue weighted by molar-refractivity contribution is 6.31. The largest absolute Gasteiger partial charge is 0.343 e. The third-order valence-electron chi connectivity index (χ3n) is 5.11. The highest BCUT2D eigenvalue weighted by Crippen LogP contribution is 2.26. The van der Waals surface area contributed by atoms with Gasteiger partial charge in [-0.3, -0.25) is 0 Å². The first-order valence-electron chi connectivity index (χ1n) is 9.57. The number of benzene rings is 3. The summed E-state index contributed by atoms with van der Waals surface area (Å²) in [5.74, 6) is -0.479. The fraction of sp³-hybridized carbons (Fsp3) is 0.167. The molecular weight excluding hydrogens is 390 g/mol. The van der Waals surface area contributed by atoms with Crippen LogP contribution in [0.25, 0.3) is 10.9 Å². The number of halogens is 3. The van der Waals surface area contributed by atoms with Gasteiger partial charge >= 0.3 is 0 Å². The average Bonchev–Trinajstić information content (AvgIpc) is 3.07. The standard InChI is InChI=1S/C24H21ClF2N2/c25-21-8-5-10-23(27)20(21)16-29-15-18(19-7-2-4-11-24(19)29)14-28-13-12-17-6-1-3-9-22(17)26/h1-11,15,28H,12-14,16H2. The summed E-state index contributed by atoms with van der Waals surface area (Å²) in [6.07, 6.45) is 2.65. The lowest BCUT2D eigenvalue weighted by atomic mass is 10.1. The third kappa shape index (κ3) is 4.34. The molecule has 4 rings (SSSR count). The van der Waals surface area contributed by atoms with Crippen LogP contribution in [0.4, 0.5) is 8.78 Å². The fourth-order valence-electron chi connectivity index (χ4n) is 3.60. The Labute approximate surface area is 173 Å². The minimum Gasteiger partial charge on any atom is -0.343 e. The van der Waals surface area contributed by atoms with E-state index in [2.05, 4.69) is 11.4 Å². The summed E-state index contributed by atoms with van der Waals surface area (Å²) in [5, 5.41) is 4.92. The molecule has 0 radical (unpaired) electrons. The second kappa shape index (κ2) is 8.76. The minimum atomic E-state index is -0.306. The number of para-hydroxylation sites is 1. The fourth-order valence-corrected chi connectivity index (χ4v) is 3.82. The summed E-state index contributed by atoms with van der Waals surface area (Å²) in [4.78, 5) is 0. The van der Waals surface area contributed by atoms with E-state index in [1.165, 1.54) is 12.1 Å². The van der Waals surface area contributed by atoms with Crippen molar-refractivity contribution < 1.29 is 8.78 Å². The van der Waals surface area contributed by atoms with Crippen LogP contribution in [-0.4, -0.2) is 11.1 Å². The summed E-state index contributed by atoms with van der Waals surface area (Å²) in [5.41, 5.74) is 3.32. The predicted molar refractivity (Wildman–Crippen MR) is 114 cm³/mol. The minimum absolute atomic E-state index is 0.173. The molecule has 0 fully saturated rings. The summed E-state index contributed by atoms with van der Waals surface area (Å²) in [6, 6.07) is 19.6. The van der Waals surface area contributed by atoms with Gasteiger partial charge in [-0.25, -0.2) is 8.78 Å². The molecule has 2 nitrogen and oxygen atoms in total. The van der Waals surface area contributed by atoms with E-state index >= 15 is 0 Å². The van der Waals surface area contributed by atoms with Crippen molar-refractivity contribution in [2.45, 2.75) is 19.5 Å². The Morgan fingerprint density at radius 2 is 1.59 bits per heavy atom. The van der Waals surface area contributed by atoms with E-state index < -0.39 is 0 Å². The first-order chi connectivity index (χ1) is 14.1. The Hall–Kier alpha value is -2.69. The van der Waals surface area contributed by atoms with E-state index in [1.807, 2.05) is 35.0 Å². The molecule has 0 saturated carbocycles. The summed E-state index contributed by atoms with van der Waals surface area (Å²) < 4.78 is 30.0. The number of hydrogen-bond donors (Lipinski definition) is 1. The second-order valence-corrected chi connectivity index (χ2v) is 7.42. The second-order valence-electron chi connectivity index (χ2n) is 7.02. The van der Waals surface area contributed by atoms with Gasteiger partial charge in [0.15, 0.2) is 0 Å². The highest BCUT2D eigenvalue weighted by Gasteiger charge is 2.12. The lowest BCUT2D eigenvalue weighted by molar-refractivity contribution is 0.596. The van der Waals surface area contributed by atoms with Crippen LogP contribution < -0.4 is 5.32 Å². The van der Waals surface area contributed by atoms with Crippen molar-refractivity contribution in [3.8, 4) is 0 Å². The zero-order chi connectivity index (χ0) is 20.2. The first kappa shape index (κ1) is 19.6. The molecule has 0 amide bonds. The Bertz CT molecular complexity index is 1120. The van der Waals surface area contributed by atoms with Gasteiger partial charge in [0, 0.05) is 34.2 Å². The van der Waals surface area contributed by atoms with Crippen molar-refractivity contribution in [1.29, 1.82) is 0 Å². The van der Waals surface area contributed by atoms with Gasteiger partial charge in [0.1, 0.15) is 11.6 Å². The molecule has 0 atom stereocenters. The van der Waals surface area contributed by atoms with Gasteiger partial charge < -0.3 is 9.88 Å². The predicted octanol–water partition coefficient (Wildman–Crippen LogP) is 5.95. The Morgan fingerprint density at radius 3 is 2.41 bits per heavy atom. The molecule has 0 spiro atoms. The molecule has 5 heteroatoms. The molecule has 29 heavy (non-hydrogen) atoms. The van der Waals surface area contributed by atoms with Gasteiger partial charge in [-0.05, 0) is 48.4 Å². The molecule has 0 aliphatic rings. The Morgan fingerprint density at radius 1 is 0.828 bits per heavy atom. The molecular formula is C24H21ClF2N2. The van der Waals surface area contributed by atoms with E-state index in [0.717, 1.165) is 16.5 Å². The molecule has 3 aromatic carbocycles. The van der Waals surface area contributed by atoms with Crippen molar-refractivity contribution in [3.63, 3.8) is 0 Å². The number of rotatable bonds is 7. The molecule has 0 saturated heterocycles. The Kier molecular flexibility index (Phi) is 5.93. The van der Waals surface area contributed by atoms with Crippen molar-refractivity contribution >= 4 is 22.5 Å². The van der Waals surface area contributed by atoms with Gasteiger partial charge in [0.25, 0.3) is 0 Å². The van der Waals surface area contributed by atoms with Gasteiger partial charge in [0.05, 0.1) is 6.54 Å². The zero-order valence-corrected chi connectivity index (χ0v) is 16.6. The van der Waals surface area contributed by atoms with E-state index in [0.29, 0.717) is 42.2 Å². The van der Waals surface area contributed by atoms with Crippen LogP contribution in [0.3, 0.4) is 0 Å². The van der Waals surface area contributed by atoms with Crippen LogP contribution in [0, 0.1) is 11.6 Å². The van der Waals surface area contributed by atoms with Crippen LogP contribution in [0.2, 0.25) is 5.02 Å². The third-order valence-corrected chi connectivity index (χ3v) is 5.46. The van der Waals surface area contributed by atoms with Crippen molar-refractivity contribution in [3.05, 3.63) is 106 Å². The molecule has 0 aliphatic heterocycles. The van der Waals surface area contributed by atoms with Crippen LogP contribution in [0.5, 0.6) is 0 Å². The van der Waals surface area contributed by atoms with E-state index in [1.54, 1.807) is 24.3 Å². The van der Waals surface area contributed by atoms with Crippen LogP contribution in [-0.2, 0) is 19.5 Å². The maximum atomic E-state index is 14.2. The van der Waals surface area contributed by atoms with Gasteiger partial charge in [-0.2, -0.15) is 0 Å². The number of fused-ring (bicyclic) bond motifs is 1. The van der Waals surface area contributed by atoms with Crippen LogP contribution in [0.1, 0.15) is 16.7 Å². The SMILES string of the molecule is Fc1ccccc1CCNCc1cn(Cc2c(F)cccc2Cl)c2ccccc12. The molecule has 0 unspecified atom stereocenters. The van der Waals surface area contributed by atoms with E-state index in [4.69, 9.17) is 11.6 Å². The quantitative estimate of drug-likeness (QED) is 0.372. The van der Waals surface area contributed by atoms with Gasteiger partial charge in [0.2, 0.25) is 0 Å². The smallest absolute Gasteiger partial charge is 0.129 e. The number of hydrogen-bond acceptors (Lipinski definition) is 1. The molecule has 0 bridgehead atoms. The summed E-state index contributed by atoms with van der Waals surface area (Å²) in [6.45, 7) is 1.67. The average molecular weight is 411 g/mol. The molecule has 4 aromatic rings. The van der Waals surface area contributed by atoms with Gasteiger partial charge in [-0.1, -0.05) is 54.1 Å². The lowest BCUT2D eigenvalue weighted by Crippen LogP contribution is -2.17. The Balaban J connectivity index is 1.51. The summed E-state index contributed by atoms with van der Waals surface area (Å²) >= 11 is 6.21. The summed E-state index contributed by atoms with van der Waals surface area (Å²) in [7, 11) is 0. The van der Waals surface area contributed by atoms with Crippen LogP contribution in [0.15, 0.2) is 72.9 Å². The van der Waals surface area contributed by atoms with Crippen molar-refractivity contribution in [1.82, 2.24) is 9.88 Å². The highest BCUT2D eigenvalue weighted by atomic mass is 35.5. The maximum absolute atomic E-state index is 14.2. The molecule has 148 valence electrons. The number of aromatic nitrogens is 1. The van der Waals surface area contributed by atoms with Gasteiger partial charge in [-0.15, -0.1) is 0 Å². The van der Waals surface area contributed by atoms with E-state index in [9.17, 15) is 8.78 Å². The molecule has 1 heterocycles. The lowest BCUT2D eigenvalue weighted by Gasteiger charge is -2.08. The van der Waals surface area contributed by atoms with Crippen molar-refractivity contribution in [2.75, 3.05) is 6.54 Å². The monoisotopic (exact) mass is 410 g/mol. The molecule has 1 N–H and O–H groups in total. The molecule has 1 aromatic heterocycles. The maximum Gasteiger partial charge on any atom is 0.129 e. The van der Waals surface area contributed by atoms with E-state index in [-0.39, 0.29) is 11.6 Å². The zero-order valence-electron chi connectivity index (χ0n) is 15.8. The van der Waals surface area contributed by atoms with Crippen LogP contribution >= 0.6 is 11.6 Å². The number of nitrogens with zero attached hydrogens (tertiary/aromatic N) is 1. The normalized spacial score (nSPS) is 11.3. The molecule has 0 aliphatic carbocycles. The first-order valence-corrected chi connectivity index (χ1v) is 9.95. The number of nitrogens with one attached hydrogen (secondary N) is 1.